The van der Waals surface area contributed by atoms with Crippen molar-refractivity contribution in [1.82, 2.24) is 14.7 Å². The Kier molecular flexibility index (Phi) is 4.17. The van der Waals surface area contributed by atoms with Crippen molar-refractivity contribution in [2.75, 3.05) is 25.0 Å². The van der Waals surface area contributed by atoms with Gasteiger partial charge in [-0.15, -0.1) is 0 Å². The van der Waals surface area contributed by atoms with Gasteiger partial charge in [0.15, 0.2) is 0 Å². The molecule has 0 aliphatic carbocycles. The summed E-state index contributed by atoms with van der Waals surface area (Å²) in [5, 5.41) is 15.7. The number of aryl methyl sites for hydroxylation is 2. The van der Waals surface area contributed by atoms with Crippen LogP contribution in [0, 0.1) is 0 Å². The molecule has 8 nitrogen and oxygen atoms in total. The van der Waals surface area contributed by atoms with Crippen molar-refractivity contribution in [3.63, 3.8) is 0 Å². The second-order valence-electron chi connectivity index (χ2n) is 5.44. The van der Waals surface area contributed by atoms with Gasteiger partial charge in [-0.1, -0.05) is 6.92 Å². The number of rotatable bonds is 5. The molecular weight excluding hydrogens is 276 g/mol. The summed E-state index contributed by atoms with van der Waals surface area (Å²) in [6, 6.07) is -0.228. The number of nitrogens with zero attached hydrogens (tertiary/aromatic N) is 3. The van der Waals surface area contributed by atoms with Crippen molar-refractivity contribution in [2.24, 2.45) is 7.05 Å². The second kappa shape index (κ2) is 5.72. The summed E-state index contributed by atoms with van der Waals surface area (Å²) in [6.45, 7) is 4.15. The molecule has 0 unspecified atom stereocenters. The van der Waals surface area contributed by atoms with E-state index >= 15 is 0 Å². The van der Waals surface area contributed by atoms with Crippen LogP contribution in [-0.4, -0.2) is 57.1 Å². The van der Waals surface area contributed by atoms with Crippen molar-refractivity contribution in [3.8, 4) is 0 Å². The lowest BCUT2D eigenvalue weighted by Crippen LogP contribution is -2.64. The minimum absolute atomic E-state index is 0.228. The smallest absolute Gasteiger partial charge is 0.329 e. The maximum Gasteiger partial charge on any atom is 0.329 e. The van der Waals surface area contributed by atoms with Crippen LogP contribution in [0.1, 0.15) is 19.5 Å². The van der Waals surface area contributed by atoms with E-state index in [1.165, 1.54) is 0 Å². The van der Waals surface area contributed by atoms with Crippen molar-refractivity contribution in [2.45, 2.75) is 25.9 Å². The van der Waals surface area contributed by atoms with Gasteiger partial charge in [0.1, 0.15) is 12.2 Å². The van der Waals surface area contributed by atoms with Crippen LogP contribution < -0.4 is 5.32 Å². The zero-order valence-electron chi connectivity index (χ0n) is 12.4. The summed E-state index contributed by atoms with van der Waals surface area (Å²) in [7, 11) is 1.80. The van der Waals surface area contributed by atoms with E-state index in [0.29, 0.717) is 18.8 Å². The highest BCUT2D eigenvalue weighted by atomic mass is 16.5. The Bertz CT molecular complexity index is 548. The number of ether oxygens (including phenoxy) is 1. The van der Waals surface area contributed by atoms with Crippen molar-refractivity contribution < 1.29 is 19.4 Å². The second-order valence-corrected chi connectivity index (χ2v) is 5.44. The third kappa shape index (κ3) is 3.52. The van der Waals surface area contributed by atoms with Crippen LogP contribution >= 0.6 is 0 Å². The van der Waals surface area contributed by atoms with Crippen LogP contribution in [0.15, 0.2) is 6.20 Å². The molecule has 8 heteroatoms. The van der Waals surface area contributed by atoms with Crippen LogP contribution in [0.3, 0.4) is 0 Å². The molecule has 2 N–H and O–H groups in total. The Morgan fingerprint density at radius 3 is 2.76 bits per heavy atom. The molecular formula is C13H20N4O4. The van der Waals surface area contributed by atoms with E-state index in [1.807, 2.05) is 6.92 Å². The third-order valence-corrected chi connectivity index (χ3v) is 3.36. The zero-order chi connectivity index (χ0) is 15.6. The number of aliphatic carboxylic acids is 1. The predicted octanol–water partition coefficient (Wildman–Crippen LogP) is 0.690. The highest BCUT2D eigenvalue weighted by molar-refractivity contribution is 5.90. The third-order valence-electron chi connectivity index (χ3n) is 3.36. The van der Waals surface area contributed by atoms with Gasteiger partial charge in [-0.3, -0.25) is 4.68 Å². The predicted molar refractivity (Wildman–Crippen MR) is 75.2 cm³/mol. The van der Waals surface area contributed by atoms with E-state index in [0.717, 1.165) is 12.1 Å². The average Bonchev–Trinajstić information content (AvgIpc) is 2.73. The number of aromatic nitrogens is 2. The van der Waals surface area contributed by atoms with Crippen molar-refractivity contribution in [3.05, 3.63) is 11.9 Å². The zero-order valence-corrected chi connectivity index (χ0v) is 12.4. The van der Waals surface area contributed by atoms with E-state index in [4.69, 9.17) is 9.84 Å². The van der Waals surface area contributed by atoms with Crippen LogP contribution in [0.4, 0.5) is 10.5 Å². The fourth-order valence-corrected chi connectivity index (χ4v) is 2.33. The molecule has 1 saturated heterocycles. The molecule has 2 heterocycles. The molecule has 0 bridgehead atoms. The normalized spacial score (nSPS) is 16.4. The van der Waals surface area contributed by atoms with Crippen LogP contribution in [0.25, 0.3) is 0 Å². The number of carbonyl (C=O) groups excluding carboxylic acids is 1. The largest absolute Gasteiger partial charge is 0.480 e. The van der Waals surface area contributed by atoms with Crippen molar-refractivity contribution >= 4 is 17.7 Å². The number of carboxylic acids is 1. The summed E-state index contributed by atoms with van der Waals surface area (Å²) in [5.74, 6) is -1.01. The maximum atomic E-state index is 12.1. The van der Waals surface area contributed by atoms with Crippen LogP contribution in [0.5, 0.6) is 0 Å². The number of amides is 2. The average molecular weight is 296 g/mol. The minimum atomic E-state index is -1.01. The maximum absolute atomic E-state index is 12.1. The molecule has 1 aromatic rings. The Labute approximate surface area is 122 Å². The van der Waals surface area contributed by atoms with E-state index in [1.54, 1.807) is 29.7 Å². The molecule has 2 rings (SSSR count). The Morgan fingerprint density at radius 2 is 2.19 bits per heavy atom. The van der Waals surface area contributed by atoms with Crippen molar-refractivity contribution in [1.29, 1.82) is 0 Å². The molecule has 0 aromatic carbocycles. The van der Waals surface area contributed by atoms with Gasteiger partial charge in [0, 0.05) is 13.2 Å². The molecule has 0 spiro atoms. The number of hydrogen-bond donors (Lipinski definition) is 2. The number of hydrogen-bond acceptors (Lipinski definition) is 4. The summed E-state index contributed by atoms with van der Waals surface area (Å²) in [5.41, 5.74) is 0.944. The Hall–Kier alpha value is -2.09. The summed E-state index contributed by atoms with van der Waals surface area (Å²) in [4.78, 5) is 24.2. The Morgan fingerprint density at radius 1 is 1.52 bits per heavy atom. The van der Waals surface area contributed by atoms with Gasteiger partial charge >= 0.3 is 12.0 Å². The summed E-state index contributed by atoms with van der Waals surface area (Å²) in [6.07, 6.45) is 2.49. The first-order chi connectivity index (χ1) is 9.83. The highest BCUT2D eigenvalue weighted by Crippen LogP contribution is 2.25. The lowest BCUT2D eigenvalue weighted by atomic mass is 9.97. The number of likely N-dealkylation sites (tertiary alicyclic amines) is 1. The molecule has 0 radical (unpaired) electrons. The van der Waals surface area contributed by atoms with Gasteiger partial charge in [-0.05, 0) is 13.3 Å². The standard InChI is InChI=1S/C13H20N4O4/c1-4-9-10(5-16(3)15-9)14-12(20)17-7-13(2,8-17)21-6-11(18)19/h5H,4,6-8H2,1-3H3,(H,14,20)(H,18,19). The summed E-state index contributed by atoms with van der Waals surface area (Å²) >= 11 is 0. The van der Waals surface area contributed by atoms with Gasteiger partial charge in [0.25, 0.3) is 0 Å². The first-order valence-electron chi connectivity index (χ1n) is 6.77. The fraction of sp³-hybridized carbons (Fsp3) is 0.615. The van der Waals surface area contributed by atoms with Gasteiger partial charge < -0.3 is 20.1 Å². The fourth-order valence-electron chi connectivity index (χ4n) is 2.33. The number of carbonyl (C=O) groups is 2. The molecule has 1 aliphatic rings. The highest BCUT2D eigenvalue weighted by Gasteiger charge is 2.43. The van der Waals surface area contributed by atoms with Gasteiger partial charge in [0.05, 0.1) is 24.5 Å². The van der Waals surface area contributed by atoms with Gasteiger partial charge in [-0.25, -0.2) is 9.59 Å². The quantitative estimate of drug-likeness (QED) is 0.833. The van der Waals surface area contributed by atoms with Gasteiger partial charge in [0.2, 0.25) is 0 Å². The number of nitrogens with one attached hydrogen (secondary N) is 1. The summed E-state index contributed by atoms with van der Waals surface area (Å²) < 4.78 is 6.93. The van der Waals surface area contributed by atoms with E-state index in [-0.39, 0.29) is 12.6 Å². The molecule has 1 fully saturated rings. The van der Waals surface area contributed by atoms with E-state index in [9.17, 15) is 9.59 Å². The van der Waals surface area contributed by atoms with E-state index < -0.39 is 11.6 Å². The van der Waals surface area contributed by atoms with E-state index in [2.05, 4.69) is 10.4 Å². The number of carboxylic acid groups (broad SMARTS) is 1. The molecule has 116 valence electrons. The molecule has 2 amide bonds. The van der Waals surface area contributed by atoms with Gasteiger partial charge in [-0.2, -0.15) is 5.10 Å². The lowest BCUT2D eigenvalue weighted by molar-refractivity contribution is -0.159. The SMILES string of the molecule is CCc1nn(C)cc1NC(=O)N1CC(C)(OCC(=O)O)C1. The Balaban J connectivity index is 1.87. The molecule has 21 heavy (non-hydrogen) atoms. The lowest BCUT2D eigenvalue weighted by Gasteiger charge is -2.46. The first kappa shape index (κ1) is 15.3. The first-order valence-corrected chi connectivity index (χ1v) is 6.77. The minimum Gasteiger partial charge on any atom is -0.480 e. The molecule has 1 aromatic heterocycles. The molecule has 1 aliphatic heterocycles. The molecule has 0 atom stereocenters. The number of anilines is 1. The number of urea groups is 1. The molecule has 0 saturated carbocycles. The topological polar surface area (TPSA) is 96.7 Å². The van der Waals surface area contributed by atoms with Crippen LogP contribution in [0.2, 0.25) is 0 Å². The van der Waals surface area contributed by atoms with Crippen LogP contribution in [-0.2, 0) is 23.0 Å². The monoisotopic (exact) mass is 296 g/mol.